The smallest absolute Gasteiger partial charge is 0.511 e. The molecule has 0 aromatic heterocycles. The molecule has 2 heterocycles. The van der Waals surface area contributed by atoms with Crippen molar-refractivity contribution in [2.24, 2.45) is 11.8 Å². The van der Waals surface area contributed by atoms with E-state index >= 15 is 0 Å². The van der Waals surface area contributed by atoms with Crippen molar-refractivity contribution >= 4 is 11.4 Å². The standard InChI is InChI=1S/C23H19F3O5/c1-11-2-3-14(29-12-4-6-13(7-5-12)31-23(24,25)26)10-15(11)18-21(27)19-16-8-9-17(30-16)20(19)22(18)28/h2-7,10,16-17,19-20,27H,8-9H2,1H3/t16-,17+,19-,20+/m1/s1. The average molecular weight is 432 g/mol. The number of halogens is 3. The van der Waals surface area contributed by atoms with Gasteiger partial charge in [0, 0.05) is 0 Å². The van der Waals surface area contributed by atoms with Crippen LogP contribution in [0.25, 0.3) is 5.57 Å². The molecule has 0 amide bonds. The van der Waals surface area contributed by atoms with Crippen LogP contribution >= 0.6 is 0 Å². The summed E-state index contributed by atoms with van der Waals surface area (Å²) in [6.45, 7) is 1.84. The van der Waals surface area contributed by atoms with Crippen LogP contribution in [0.2, 0.25) is 0 Å². The number of fused-ring (bicyclic) bond motifs is 5. The number of benzene rings is 2. The fraction of sp³-hybridized carbons (Fsp3) is 0.348. The van der Waals surface area contributed by atoms with Gasteiger partial charge in [-0.15, -0.1) is 13.2 Å². The lowest BCUT2D eigenvalue weighted by Gasteiger charge is -2.19. The van der Waals surface area contributed by atoms with Crippen LogP contribution < -0.4 is 9.47 Å². The number of aliphatic hydroxyl groups excluding tert-OH is 1. The Hall–Kier alpha value is -3.00. The van der Waals surface area contributed by atoms with E-state index in [1.165, 1.54) is 12.1 Å². The Morgan fingerprint density at radius 1 is 0.968 bits per heavy atom. The summed E-state index contributed by atoms with van der Waals surface area (Å²) in [4.78, 5) is 13.1. The highest BCUT2D eigenvalue weighted by Gasteiger charge is 2.59. The first-order chi connectivity index (χ1) is 14.7. The zero-order chi connectivity index (χ0) is 21.9. The SMILES string of the molecule is Cc1ccc(Oc2ccc(OC(F)(F)F)cc2)cc1C1=C(O)[C@H]2[C@@H](C1=O)[C@@H]1CC[C@H]2O1. The van der Waals surface area contributed by atoms with Gasteiger partial charge < -0.3 is 19.3 Å². The van der Waals surface area contributed by atoms with Gasteiger partial charge in [-0.05, 0) is 67.3 Å². The van der Waals surface area contributed by atoms with Crippen molar-refractivity contribution in [2.75, 3.05) is 0 Å². The second-order valence-electron chi connectivity index (χ2n) is 8.06. The Balaban J connectivity index is 1.41. The maximum atomic E-state index is 13.1. The van der Waals surface area contributed by atoms with Crippen LogP contribution in [0.3, 0.4) is 0 Å². The van der Waals surface area contributed by atoms with Crippen molar-refractivity contribution in [3.8, 4) is 17.2 Å². The molecule has 2 saturated heterocycles. The van der Waals surface area contributed by atoms with E-state index in [-0.39, 0.29) is 41.3 Å². The molecule has 2 aromatic rings. The van der Waals surface area contributed by atoms with Crippen molar-refractivity contribution < 1.29 is 37.3 Å². The number of aliphatic hydroxyl groups is 1. The molecule has 8 heteroatoms. The largest absolute Gasteiger partial charge is 0.573 e. The molecule has 2 aromatic carbocycles. The number of Topliss-reactive ketones (excluding diaryl/α,β-unsaturated/α-hetero) is 1. The first-order valence-corrected chi connectivity index (χ1v) is 9.99. The molecule has 0 radical (unpaired) electrons. The number of hydrogen-bond donors (Lipinski definition) is 1. The zero-order valence-corrected chi connectivity index (χ0v) is 16.5. The van der Waals surface area contributed by atoms with E-state index in [2.05, 4.69) is 4.74 Å². The number of carbonyl (C=O) groups excluding carboxylic acids is 1. The Morgan fingerprint density at radius 3 is 2.23 bits per heavy atom. The molecule has 31 heavy (non-hydrogen) atoms. The maximum Gasteiger partial charge on any atom is 0.573 e. The highest BCUT2D eigenvalue weighted by molar-refractivity contribution is 6.25. The number of alkyl halides is 3. The van der Waals surface area contributed by atoms with Crippen molar-refractivity contribution in [1.29, 1.82) is 0 Å². The van der Waals surface area contributed by atoms with Crippen molar-refractivity contribution in [2.45, 2.75) is 38.3 Å². The number of hydrogen-bond acceptors (Lipinski definition) is 5. The molecule has 4 atom stereocenters. The Labute approximate surface area is 176 Å². The van der Waals surface area contributed by atoms with Crippen molar-refractivity contribution in [3.05, 3.63) is 59.4 Å². The topological polar surface area (TPSA) is 65.0 Å². The predicted octanol–water partition coefficient (Wildman–Crippen LogP) is 5.33. The molecule has 162 valence electrons. The third-order valence-electron chi connectivity index (χ3n) is 6.17. The monoisotopic (exact) mass is 432 g/mol. The molecule has 1 N–H and O–H groups in total. The number of aryl methyl sites for hydroxylation is 1. The van der Waals surface area contributed by atoms with Crippen LogP contribution in [-0.4, -0.2) is 29.5 Å². The second-order valence-corrected chi connectivity index (χ2v) is 8.06. The van der Waals surface area contributed by atoms with Gasteiger partial charge in [0.15, 0.2) is 5.78 Å². The summed E-state index contributed by atoms with van der Waals surface area (Å²) in [6.07, 6.45) is -3.35. The lowest BCUT2D eigenvalue weighted by Crippen LogP contribution is -2.29. The zero-order valence-electron chi connectivity index (χ0n) is 16.5. The molecular formula is C23H19F3O5. The Morgan fingerprint density at radius 2 is 1.58 bits per heavy atom. The summed E-state index contributed by atoms with van der Waals surface area (Å²) in [5.41, 5.74) is 1.71. The summed E-state index contributed by atoms with van der Waals surface area (Å²) >= 11 is 0. The summed E-state index contributed by atoms with van der Waals surface area (Å²) in [5, 5.41) is 10.9. The maximum absolute atomic E-state index is 13.1. The fourth-order valence-corrected chi connectivity index (χ4v) is 4.87. The molecule has 0 spiro atoms. The minimum atomic E-state index is -4.76. The summed E-state index contributed by atoms with van der Waals surface area (Å²) in [6, 6.07) is 10.2. The molecule has 5 rings (SSSR count). The molecule has 2 bridgehead atoms. The lowest BCUT2D eigenvalue weighted by atomic mass is 9.80. The van der Waals surface area contributed by atoms with Crippen LogP contribution in [0, 0.1) is 18.8 Å². The fourth-order valence-electron chi connectivity index (χ4n) is 4.87. The Bertz CT molecular complexity index is 1070. The molecular weight excluding hydrogens is 413 g/mol. The van der Waals surface area contributed by atoms with Crippen molar-refractivity contribution in [1.82, 2.24) is 0 Å². The minimum Gasteiger partial charge on any atom is -0.511 e. The normalized spacial score (nSPS) is 27.0. The lowest BCUT2D eigenvalue weighted by molar-refractivity contribution is -0.274. The third kappa shape index (κ3) is 3.44. The van der Waals surface area contributed by atoms with Gasteiger partial charge in [-0.1, -0.05) is 6.07 Å². The van der Waals surface area contributed by atoms with E-state index in [9.17, 15) is 23.1 Å². The molecule has 3 aliphatic rings. The van der Waals surface area contributed by atoms with Gasteiger partial charge in [-0.25, -0.2) is 0 Å². The molecule has 1 aliphatic carbocycles. The second kappa shape index (κ2) is 7.02. The number of carbonyl (C=O) groups is 1. The van der Waals surface area contributed by atoms with Crippen LogP contribution in [0.4, 0.5) is 13.2 Å². The molecule has 0 unspecified atom stereocenters. The highest BCUT2D eigenvalue weighted by atomic mass is 19.4. The predicted molar refractivity (Wildman–Crippen MR) is 104 cm³/mol. The first kappa shape index (κ1) is 19.9. The summed E-state index contributed by atoms with van der Waals surface area (Å²) in [7, 11) is 0. The van der Waals surface area contributed by atoms with E-state index in [0.29, 0.717) is 22.6 Å². The van der Waals surface area contributed by atoms with Gasteiger partial charge in [0.25, 0.3) is 0 Å². The van der Waals surface area contributed by atoms with E-state index in [1.807, 2.05) is 6.92 Å². The van der Waals surface area contributed by atoms with Crippen LogP contribution in [0.1, 0.15) is 24.0 Å². The Kier molecular flexibility index (Phi) is 4.51. The van der Waals surface area contributed by atoms with Gasteiger partial charge in [0.1, 0.15) is 23.0 Å². The highest BCUT2D eigenvalue weighted by Crippen LogP contribution is 2.53. The van der Waals surface area contributed by atoms with Crippen molar-refractivity contribution in [3.63, 3.8) is 0 Å². The molecule has 2 aliphatic heterocycles. The van der Waals surface area contributed by atoms with Gasteiger partial charge in [0.05, 0.1) is 29.6 Å². The number of ether oxygens (including phenoxy) is 3. The van der Waals surface area contributed by atoms with E-state index in [1.54, 1.807) is 18.2 Å². The van der Waals surface area contributed by atoms with E-state index < -0.39 is 6.36 Å². The quantitative estimate of drug-likeness (QED) is 0.707. The van der Waals surface area contributed by atoms with Gasteiger partial charge >= 0.3 is 6.36 Å². The van der Waals surface area contributed by atoms with Gasteiger partial charge in [-0.3, -0.25) is 4.79 Å². The average Bonchev–Trinajstić information content (AvgIpc) is 3.38. The van der Waals surface area contributed by atoms with Crippen LogP contribution in [-0.2, 0) is 9.53 Å². The summed E-state index contributed by atoms with van der Waals surface area (Å²) < 4.78 is 52.3. The minimum absolute atomic E-state index is 0.0797. The number of allylic oxidation sites excluding steroid dienone is 1. The third-order valence-corrected chi connectivity index (χ3v) is 6.17. The molecule has 2 fully saturated rings. The van der Waals surface area contributed by atoms with Crippen LogP contribution in [0.15, 0.2) is 48.2 Å². The van der Waals surface area contributed by atoms with Gasteiger partial charge in [0.2, 0.25) is 0 Å². The van der Waals surface area contributed by atoms with Crippen LogP contribution in [0.5, 0.6) is 17.2 Å². The molecule has 0 saturated carbocycles. The first-order valence-electron chi connectivity index (χ1n) is 9.99. The number of rotatable bonds is 4. The molecule has 5 nitrogen and oxygen atoms in total. The van der Waals surface area contributed by atoms with E-state index in [4.69, 9.17) is 9.47 Å². The summed E-state index contributed by atoms with van der Waals surface area (Å²) in [5.74, 6) is -0.289. The van der Waals surface area contributed by atoms with Gasteiger partial charge in [-0.2, -0.15) is 0 Å². The number of ketones is 1. The van der Waals surface area contributed by atoms with E-state index in [0.717, 1.165) is 30.5 Å².